The quantitative estimate of drug-likeness (QED) is 0.734. The molecule has 0 bridgehead atoms. The van der Waals surface area contributed by atoms with Gasteiger partial charge in [0.05, 0.1) is 16.8 Å². The molecule has 26 heavy (non-hydrogen) atoms. The van der Waals surface area contributed by atoms with Crippen molar-refractivity contribution < 1.29 is 4.79 Å². The molecule has 2 N–H and O–H groups in total. The molecule has 0 aliphatic carbocycles. The summed E-state index contributed by atoms with van der Waals surface area (Å²) in [6.07, 6.45) is 4.99. The molecular weight excluding hydrogens is 356 g/mol. The molecule has 1 aliphatic heterocycles. The first-order chi connectivity index (χ1) is 12.6. The Morgan fingerprint density at radius 2 is 2.23 bits per heavy atom. The highest BCUT2D eigenvalue weighted by atomic mass is 35.5. The Labute approximate surface area is 154 Å². The van der Waals surface area contributed by atoms with Crippen LogP contribution in [0.3, 0.4) is 0 Å². The summed E-state index contributed by atoms with van der Waals surface area (Å²) in [5.74, 6) is 0.373. The molecule has 1 saturated heterocycles. The highest BCUT2D eigenvalue weighted by Crippen LogP contribution is 2.30. The first kappa shape index (κ1) is 16.8. The third-order valence-corrected chi connectivity index (χ3v) is 5.01. The van der Waals surface area contributed by atoms with Gasteiger partial charge >= 0.3 is 5.69 Å². The summed E-state index contributed by atoms with van der Waals surface area (Å²) in [5, 5.41) is 6.97. The molecule has 3 aromatic heterocycles. The molecule has 1 amide bonds. The first-order valence-corrected chi connectivity index (χ1v) is 9.08. The Hall–Kier alpha value is -2.61. The monoisotopic (exact) mass is 374 g/mol. The zero-order valence-corrected chi connectivity index (χ0v) is 15.1. The molecule has 0 saturated carbocycles. The van der Waals surface area contributed by atoms with E-state index in [1.54, 1.807) is 27.6 Å². The number of amides is 1. The maximum atomic E-state index is 13.4. The van der Waals surface area contributed by atoms with Crippen molar-refractivity contribution in [1.82, 2.24) is 29.5 Å². The Bertz CT molecular complexity index is 1020. The van der Waals surface area contributed by atoms with Crippen molar-refractivity contribution >= 4 is 23.2 Å². The van der Waals surface area contributed by atoms with Crippen molar-refractivity contribution in [2.24, 2.45) is 0 Å². The molecule has 1 aliphatic rings. The summed E-state index contributed by atoms with van der Waals surface area (Å²) < 4.78 is 1.75. The number of aromatic nitrogens is 5. The second-order valence-electron chi connectivity index (χ2n) is 6.41. The van der Waals surface area contributed by atoms with E-state index in [1.165, 1.54) is 0 Å². The van der Waals surface area contributed by atoms with Gasteiger partial charge in [0.25, 0.3) is 5.91 Å². The van der Waals surface area contributed by atoms with Crippen LogP contribution in [0.2, 0.25) is 5.02 Å². The molecule has 136 valence electrons. The van der Waals surface area contributed by atoms with Gasteiger partial charge in [-0.25, -0.2) is 14.9 Å². The molecule has 0 unspecified atom stereocenters. The largest absolute Gasteiger partial charge is 0.340 e. The SMILES string of the molecule is CCc1nc2ccc(Cl)cn2c1C(=O)N1CCCC[C@@H]1c1n[nH]c(=O)[nH]1. The summed E-state index contributed by atoms with van der Waals surface area (Å²) in [6.45, 7) is 2.58. The number of hydrogen-bond donors (Lipinski definition) is 2. The minimum Gasteiger partial charge on any atom is -0.327 e. The second-order valence-corrected chi connectivity index (χ2v) is 6.85. The van der Waals surface area contributed by atoms with Crippen LogP contribution in [-0.2, 0) is 6.42 Å². The van der Waals surface area contributed by atoms with Gasteiger partial charge in [-0.05, 0) is 37.8 Å². The van der Waals surface area contributed by atoms with Crippen molar-refractivity contribution in [3.63, 3.8) is 0 Å². The van der Waals surface area contributed by atoms with Crippen LogP contribution in [0.4, 0.5) is 0 Å². The van der Waals surface area contributed by atoms with Crippen molar-refractivity contribution in [1.29, 1.82) is 0 Å². The minimum atomic E-state index is -0.367. The number of likely N-dealkylation sites (tertiary alicyclic amines) is 1. The normalized spacial score (nSPS) is 17.8. The number of fused-ring (bicyclic) bond motifs is 1. The Balaban J connectivity index is 1.79. The average molecular weight is 375 g/mol. The van der Waals surface area contributed by atoms with Crippen LogP contribution in [-0.4, -0.2) is 41.9 Å². The van der Waals surface area contributed by atoms with Gasteiger partial charge in [0, 0.05) is 12.7 Å². The van der Waals surface area contributed by atoms with Gasteiger partial charge in [0.1, 0.15) is 11.3 Å². The number of rotatable bonds is 3. The second kappa shape index (κ2) is 6.60. The van der Waals surface area contributed by atoms with E-state index in [0.717, 1.165) is 25.0 Å². The van der Waals surface area contributed by atoms with Gasteiger partial charge in [-0.2, -0.15) is 5.10 Å². The number of pyridine rings is 1. The highest BCUT2D eigenvalue weighted by molar-refractivity contribution is 6.30. The topological polar surface area (TPSA) is 99.2 Å². The first-order valence-electron chi connectivity index (χ1n) is 8.70. The molecule has 3 aromatic rings. The lowest BCUT2D eigenvalue weighted by atomic mass is 10.0. The smallest absolute Gasteiger partial charge is 0.327 e. The average Bonchev–Trinajstić information content (AvgIpc) is 3.24. The molecule has 8 nitrogen and oxygen atoms in total. The highest BCUT2D eigenvalue weighted by Gasteiger charge is 2.33. The lowest BCUT2D eigenvalue weighted by Gasteiger charge is -2.34. The molecular formula is C17H19ClN6O2. The van der Waals surface area contributed by atoms with Crippen LogP contribution < -0.4 is 5.69 Å². The van der Waals surface area contributed by atoms with Gasteiger partial charge in [-0.15, -0.1) is 0 Å². The van der Waals surface area contributed by atoms with Crippen molar-refractivity contribution in [2.75, 3.05) is 6.54 Å². The summed E-state index contributed by atoms with van der Waals surface area (Å²) in [5.41, 5.74) is 1.58. The van der Waals surface area contributed by atoms with Crippen LogP contribution in [0.15, 0.2) is 23.1 Å². The number of nitrogens with one attached hydrogen (secondary N) is 2. The molecule has 1 atom stereocenters. The number of nitrogens with zero attached hydrogens (tertiary/aromatic N) is 4. The Morgan fingerprint density at radius 1 is 1.38 bits per heavy atom. The third kappa shape index (κ3) is 2.80. The number of piperidine rings is 1. The Morgan fingerprint density at radius 3 is 2.96 bits per heavy atom. The summed E-state index contributed by atoms with van der Waals surface area (Å²) in [4.78, 5) is 33.9. The van der Waals surface area contributed by atoms with Gasteiger partial charge in [0.2, 0.25) is 0 Å². The van der Waals surface area contributed by atoms with Gasteiger partial charge in [-0.3, -0.25) is 14.2 Å². The fourth-order valence-corrected chi connectivity index (χ4v) is 3.74. The van der Waals surface area contributed by atoms with Gasteiger partial charge in [-0.1, -0.05) is 18.5 Å². The third-order valence-electron chi connectivity index (χ3n) is 4.79. The number of aryl methyl sites for hydroxylation is 1. The van der Waals surface area contributed by atoms with Crippen molar-refractivity contribution in [3.8, 4) is 0 Å². The predicted molar refractivity (Wildman–Crippen MR) is 96.4 cm³/mol. The summed E-state index contributed by atoms with van der Waals surface area (Å²) >= 11 is 6.13. The predicted octanol–water partition coefficient (Wildman–Crippen LogP) is 2.33. The number of hydrogen-bond acceptors (Lipinski definition) is 4. The number of halogens is 1. The van der Waals surface area contributed by atoms with Crippen LogP contribution in [0, 0.1) is 0 Å². The number of carbonyl (C=O) groups excluding carboxylic acids is 1. The van der Waals surface area contributed by atoms with E-state index in [9.17, 15) is 9.59 Å². The number of imidazole rings is 1. The van der Waals surface area contributed by atoms with Crippen LogP contribution >= 0.6 is 11.6 Å². The molecule has 1 fully saturated rings. The van der Waals surface area contributed by atoms with E-state index in [-0.39, 0.29) is 17.6 Å². The van der Waals surface area contributed by atoms with Crippen LogP contribution in [0.25, 0.3) is 5.65 Å². The lowest BCUT2D eigenvalue weighted by Crippen LogP contribution is -2.40. The van der Waals surface area contributed by atoms with Gasteiger partial charge in [0.15, 0.2) is 5.82 Å². The van der Waals surface area contributed by atoms with E-state index in [2.05, 4.69) is 20.2 Å². The number of aromatic amines is 2. The molecule has 9 heteroatoms. The number of H-pyrrole nitrogens is 2. The zero-order chi connectivity index (χ0) is 18.3. The maximum absolute atomic E-state index is 13.4. The van der Waals surface area contributed by atoms with E-state index in [4.69, 9.17) is 11.6 Å². The van der Waals surface area contributed by atoms with E-state index >= 15 is 0 Å². The van der Waals surface area contributed by atoms with E-state index in [0.29, 0.717) is 35.2 Å². The van der Waals surface area contributed by atoms with Crippen molar-refractivity contribution in [2.45, 2.75) is 38.6 Å². The number of carbonyl (C=O) groups is 1. The standard InChI is InChI=1S/C17H19ClN6O2/c1-2-11-14(24-9-10(18)6-7-13(24)19-11)16(25)23-8-4-3-5-12(23)15-20-17(26)22-21-15/h6-7,9,12H,2-5,8H2,1H3,(H2,20,21,22,26)/t12-/m1/s1. The molecule has 0 radical (unpaired) electrons. The summed E-state index contributed by atoms with van der Waals surface area (Å²) in [7, 11) is 0. The molecule has 0 aromatic carbocycles. The minimum absolute atomic E-state index is 0.120. The Kier molecular flexibility index (Phi) is 4.28. The van der Waals surface area contributed by atoms with Gasteiger partial charge < -0.3 is 4.90 Å². The van der Waals surface area contributed by atoms with Crippen LogP contribution in [0.5, 0.6) is 0 Å². The molecule has 4 heterocycles. The van der Waals surface area contributed by atoms with Crippen LogP contribution in [0.1, 0.15) is 54.2 Å². The fraction of sp³-hybridized carbons (Fsp3) is 0.412. The summed E-state index contributed by atoms with van der Waals surface area (Å²) in [6, 6.07) is 3.30. The van der Waals surface area contributed by atoms with Crippen molar-refractivity contribution in [3.05, 3.63) is 51.0 Å². The molecule has 4 rings (SSSR count). The molecule has 0 spiro atoms. The fourth-order valence-electron chi connectivity index (χ4n) is 3.58. The van der Waals surface area contributed by atoms with E-state index in [1.807, 2.05) is 6.92 Å². The lowest BCUT2D eigenvalue weighted by molar-refractivity contribution is 0.0592. The van der Waals surface area contributed by atoms with E-state index < -0.39 is 0 Å². The zero-order valence-electron chi connectivity index (χ0n) is 14.3. The maximum Gasteiger partial charge on any atom is 0.340 e.